The molecule has 20 heavy (non-hydrogen) atoms. The second kappa shape index (κ2) is 6.52. The number of benzene rings is 1. The summed E-state index contributed by atoms with van der Waals surface area (Å²) in [4.78, 5) is 4.07. The van der Waals surface area contributed by atoms with Crippen LogP contribution in [0.15, 0.2) is 30.7 Å². The predicted molar refractivity (Wildman–Crippen MR) is 76.1 cm³/mol. The molecule has 0 radical (unpaired) electrons. The zero-order valence-electron chi connectivity index (χ0n) is 12.1. The van der Waals surface area contributed by atoms with Gasteiger partial charge in [-0.2, -0.15) is 0 Å². The van der Waals surface area contributed by atoms with Crippen molar-refractivity contribution in [2.24, 2.45) is 0 Å². The average Bonchev–Trinajstić information content (AvgIpc) is 2.92. The molecule has 5 heteroatoms. The molecule has 0 spiro atoms. The number of aryl methyl sites for hydroxylation is 1. The number of rotatable bonds is 6. The molecule has 0 amide bonds. The normalized spacial score (nSPS) is 12.4. The molecule has 0 fully saturated rings. The standard InChI is InChI=1S/C15H20FN3O/c1-4-19-10-18-8-12(19)9-20-13-5-6-14(11(2)17-3)15(16)7-13/h5-8,10-11,17H,4,9H2,1-3H3. The Morgan fingerprint density at radius 3 is 2.90 bits per heavy atom. The van der Waals surface area contributed by atoms with E-state index >= 15 is 0 Å². The van der Waals surface area contributed by atoms with Crippen LogP contribution in [0.2, 0.25) is 0 Å². The van der Waals surface area contributed by atoms with E-state index in [2.05, 4.69) is 10.3 Å². The average molecular weight is 277 g/mol. The highest BCUT2D eigenvalue weighted by Crippen LogP contribution is 2.22. The minimum atomic E-state index is -0.256. The van der Waals surface area contributed by atoms with E-state index in [1.54, 1.807) is 31.7 Å². The van der Waals surface area contributed by atoms with E-state index < -0.39 is 0 Å². The van der Waals surface area contributed by atoms with Crippen molar-refractivity contribution in [3.8, 4) is 5.75 Å². The molecule has 1 unspecified atom stereocenters. The molecule has 0 aliphatic carbocycles. The molecule has 0 saturated carbocycles. The van der Waals surface area contributed by atoms with E-state index in [-0.39, 0.29) is 11.9 Å². The minimum absolute atomic E-state index is 0.0226. The van der Waals surface area contributed by atoms with Crippen molar-refractivity contribution in [1.29, 1.82) is 0 Å². The first-order valence-corrected chi connectivity index (χ1v) is 6.74. The SMILES string of the molecule is CCn1cncc1COc1ccc(C(C)NC)c(F)c1. The van der Waals surface area contributed by atoms with E-state index in [9.17, 15) is 4.39 Å². The highest BCUT2D eigenvalue weighted by molar-refractivity contribution is 5.30. The summed E-state index contributed by atoms with van der Waals surface area (Å²) in [7, 11) is 1.81. The fourth-order valence-corrected chi connectivity index (χ4v) is 2.01. The third kappa shape index (κ3) is 3.17. The zero-order valence-corrected chi connectivity index (χ0v) is 12.1. The first kappa shape index (κ1) is 14.5. The Hall–Kier alpha value is -1.88. The molecule has 1 aromatic heterocycles. The summed E-state index contributed by atoms with van der Waals surface area (Å²) < 4.78 is 21.6. The van der Waals surface area contributed by atoms with Crippen molar-refractivity contribution in [3.05, 3.63) is 47.8 Å². The summed E-state index contributed by atoms with van der Waals surface area (Å²) in [6, 6.07) is 4.95. The van der Waals surface area contributed by atoms with Crippen LogP contribution in [0, 0.1) is 5.82 Å². The number of ether oxygens (including phenoxy) is 1. The van der Waals surface area contributed by atoms with E-state index in [1.165, 1.54) is 6.07 Å². The number of halogens is 1. The van der Waals surface area contributed by atoms with Crippen LogP contribution in [0.3, 0.4) is 0 Å². The van der Waals surface area contributed by atoms with Crippen LogP contribution in [0.1, 0.15) is 31.1 Å². The van der Waals surface area contributed by atoms with E-state index in [1.807, 2.05) is 18.4 Å². The zero-order chi connectivity index (χ0) is 14.5. The number of hydrogen-bond acceptors (Lipinski definition) is 3. The summed E-state index contributed by atoms with van der Waals surface area (Å²) >= 11 is 0. The van der Waals surface area contributed by atoms with Crippen LogP contribution in [0.25, 0.3) is 0 Å². The van der Waals surface area contributed by atoms with Gasteiger partial charge in [-0.25, -0.2) is 9.37 Å². The van der Waals surface area contributed by atoms with Gasteiger partial charge < -0.3 is 14.6 Å². The highest BCUT2D eigenvalue weighted by Gasteiger charge is 2.10. The van der Waals surface area contributed by atoms with Crippen LogP contribution in [0.4, 0.5) is 4.39 Å². The molecule has 0 aliphatic heterocycles. The van der Waals surface area contributed by atoms with Crippen molar-refractivity contribution >= 4 is 0 Å². The fourth-order valence-electron chi connectivity index (χ4n) is 2.01. The van der Waals surface area contributed by atoms with Gasteiger partial charge in [0.1, 0.15) is 18.2 Å². The Kier molecular flexibility index (Phi) is 4.74. The van der Waals surface area contributed by atoms with Crippen LogP contribution in [0.5, 0.6) is 5.75 Å². The van der Waals surface area contributed by atoms with Gasteiger partial charge in [0.2, 0.25) is 0 Å². The molecular weight excluding hydrogens is 257 g/mol. The van der Waals surface area contributed by atoms with Crippen LogP contribution >= 0.6 is 0 Å². The molecule has 1 N–H and O–H groups in total. The number of hydrogen-bond donors (Lipinski definition) is 1. The van der Waals surface area contributed by atoms with Crippen LogP contribution in [-0.2, 0) is 13.2 Å². The Labute approximate surface area is 118 Å². The molecule has 1 heterocycles. The van der Waals surface area contributed by atoms with Gasteiger partial charge in [0.15, 0.2) is 0 Å². The molecular formula is C15H20FN3O. The van der Waals surface area contributed by atoms with Gasteiger partial charge in [0, 0.05) is 24.2 Å². The Balaban J connectivity index is 2.05. The van der Waals surface area contributed by atoms with Gasteiger partial charge in [-0.05, 0) is 27.0 Å². The van der Waals surface area contributed by atoms with Crippen molar-refractivity contribution in [1.82, 2.24) is 14.9 Å². The molecule has 108 valence electrons. The monoisotopic (exact) mass is 277 g/mol. The maximum atomic E-state index is 14.0. The lowest BCUT2D eigenvalue weighted by molar-refractivity contribution is 0.293. The van der Waals surface area contributed by atoms with Gasteiger partial charge in [-0.1, -0.05) is 6.07 Å². The maximum Gasteiger partial charge on any atom is 0.131 e. The molecule has 4 nitrogen and oxygen atoms in total. The molecule has 0 saturated heterocycles. The minimum Gasteiger partial charge on any atom is -0.487 e. The summed E-state index contributed by atoms with van der Waals surface area (Å²) in [6.45, 7) is 5.18. The number of nitrogens with one attached hydrogen (secondary N) is 1. The van der Waals surface area contributed by atoms with Crippen molar-refractivity contribution in [2.45, 2.75) is 33.0 Å². The van der Waals surface area contributed by atoms with Gasteiger partial charge >= 0.3 is 0 Å². The Morgan fingerprint density at radius 2 is 2.25 bits per heavy atom. The van der Waals surface area contributed by atoms with Crippen molar-refractivity contribution < 1.29 is 9.13 Å². The van der Waals surface area contributed by atoms with Crippen LogP contribution in [-0.4, -0.2) is 16.6 Å². The first-order valence-electron chi connectivity index (χ1n) is 6.74. The summed E-state index contributed by atoms with van der Waals surface area (Å²) in [6.07, 6.45) is 3.52. The number of imidazole rings is 1. The fraction of sp³-hybridized carbons (Fsp3) is 0.400. The summed E-state index contributed by atoms with van der Waals surface area (Å²) in [5, 5.41) is 3.02. The largest absolute Gasteiger partial charge is 0.487 e. The van der Waals surface area contributed by atoms with Gasteiger partial charge in [0.25, 0.3) is 0 Å². The molecule has 1 atom stereocenters. The third-order valence-corrected chi connectivity index (χ3v) is 3.40. The first-order chi connectivity index (χ1) is 9.65. The van der Waals surface area contributed by atoms with Gasteiger partial charge in [-0.3, -0.25) is 0 Å². The van der Waals surface area contributed by atoms with Crippen molar-refractivity contribution in [2.75, 3.05) is 7.05 Å². The Bertz CT molecular complexity index is 568. The molecule has 2 rings (SSSR count). The molecule has 1 aromatic carbocycles. The molecule has 0 bridgehead atoms. The lowest BCUT2D eigenvalue weighted by Gasteiger charge is -2.13. The van der Waals surface area contributed by atoms with E-state index in [0.29, 0.717) is 17.9 Å². The lowest BCUT2D eigenvalue weighted by Crippen LogP contribution is -2.13. The topological polar surface area (TPSA) is 39.1 Å². The molecule has 0 aliphatic rings. The predicted octanol–water partition coefficient (Wildman–Crippen LogP) is 2.90. The van der Waals surface area contributed by atoms with Crippen molar-refractivity contribution in [3.63, 3.8) is 0 Å². The second-order valence-electron chi connectivity index (χ2n) is 4.65. The van der Waals surface area contributed by atoms with E-state index in [4.69, 9.17) is 4.74 Å². The second-order valence-corrected chi connectivity index (χ2v) is 4.65. The Morgan fingerprint density at radius 1 is 1.45 bits per heavy atom. The summed E-state index contributed by atoms with van der Waals surface area (Å²) in [5.74, 6) is 0.270. The maximum absolute atomic E-state index is 14.0. The summed E-state index contributed by atoms with van der Waals surface area (Å²) in [5.41, 5.74) is 1.61. The van der Waals surface area contributed by atoms with Gasteiger partial charge in [-0.15, -0.1) is 0 Å². The molecule has 2 aromatic rings. The third-order valence-electron chi connectivity index (χ3n) is 3.40. The number of aromatic nitrogens is 2. The van der Waals surface area contributed by atoms with Gasteiger partial charge in [0.05, 0.1) is 18.2 Å². The highest BCUT2D eigenvalue weighted by atomic mass is 19.1. The quantitative estimate of drug-likeness (QED) is 0.882. The lowest BCUT2D eigenvalue weighted by atomic mass is 10.1. The number of nitrogens with zero attached hydrogens (tertiary/aromatic N) is 2. The van der Waals surface area contributed by atoms with Crippen LogP contribution < -0.4 is 10.1 Å². The van der Waals surface area contributed by atoms with E-state index in [0.717, 1.165) is 12.2 Å². The smallest absolute Gasteiger partial charge is 0.131 e.